The average molecular weight is 293 g/mol. The summed E-state index contributed by atoms with van der Waals surface area (Å²) in [4.78, 5) is 11.8. The van der Waals surface area contributed by atoms with Crippen molar-refractivity contribution in [2.45, 2.75) is 25.3 Å². The van der Waals surface area contributed by atoms with Gasteiger partial charge in [-0.2, -0.15) is 0 Å². The van der Waals surface area contributed by atoms with Gasteiger partial charge in [0.2, 0.25) is 5.91 Å². The molecule has 0 heterocycles. The van der Waals surface area contributed by atoms with Gasteiger partial charge in [0.1, 0.15) is 5.54 Å². The minimum atomic E-state index is -1.40. The van der Waals surface area contributed by atoms with Crippen molar-refractivity contribution < 1.29 is 20.1 Å². The Bertz CT molecular complexity index is 467. The highest BCUT2D eigenvalue weighted by Gasteiger charge is 2.29. The molecule has 0 fully saturated rings. The summed E-state index contributed by atoms with van der Waals surface area (Å²) < 4.78 is 0. The topological polar surface area (TPSA) is 89.8 Å². The average Bonchev–Trinajstić information content (AvgIpc) is 2.51. The molecule has 1 aromatic rings. The van der Waals surface area contributed by atoms with Gasteiger partial charge in [0.25, 0.3) is 0 Å². The van der Waals surface area contributed by atoms with Crippen LogP contribution in [0.25, 0.3) is 6.08 Å². The molecule has 0 spiro atoms. The van der Waals surface area contributed by atoms with E-state index in [2.05, 4.69) is 19.2 Å². The zero-order valence-corrected chi connectivity index (χ0v) is 12.4. The zero-order chi connectivity index (χ0) is 15.9. The van der Waals surface area contributed by atoms with Crippen LogP contribution in [0.3, 0.4) is 0 Å². The smallest absolute Gasteiger partial charge is 0.244 e. The Morgan fingerprint density at radius 2 is 1.67 bits per heavy atom. The molecule has 21 heavy (non-hydrogen) atoms. The second-order valence-electron chi connectivity index (χ2n) is 5.40. The van der Waals surface area contributed by atoms with E-state index in [9.17, 15) is 4.79 Å². The lowest BCUT2D eigenvalue weighted by atomic mass is 10.0. The molecule has 0 radical (unpaired) electrons. The first kappa shape index (κ1) is 17.4. The van der Waals surface area contributed by atoms with Crippen LogP contribution >= 0.6 is 0 Å². The molecule has 0 saturated carbocycles. The van der Waals surface area contributed by atoms with E-state index in [4.69, 9.17) is 15.3 Å². The highest BCUT2D eigenvalue weighted by molar-refractivity contribution is 5.92. The number of rotatable bonds is 7. The maximum absolute atomic E-state index is 11.8. The molecule has 1 amide bonds. The van der Waals surface area contributed by atoms with E-state index >= 15 is 0 Å². The quantitative estimate of drug-likeness (QED) is 0.556. The molecule has 0 saturated heterocycles. The number of benzene rings is 1. The highest BCUT2D eigenvalue weighted by atomic mass is 16.3. The molecular weight excluding hydrogens is 270 g/mol. The van der Waals surface area contributed by atoms with E-state index in [1.165, 1.54) is 11.6 Å². The van der Waals surface area contributed by atoms with Gasteiger partial charge in [-0.25, -0.2) is 0 Å². The predicted molar refractivity (Wildman–Crippen MR) is 81.7 cm³/mol. The second-order valence-corrected chi connectivity index (χ2v) is 5.40. The van der Waals surface area contributed by atoms with E-state index in [1.807, 2.05) is 24.3 Å². The molecule has 0 aromatic heterocycles. The van der Waals surface area contributed by atoms with E-state index in [0.29, 0.717) is 5.92 Å². The number of hydrogen-bond donors (Lipinski definition) is 4. The molecule has 4 N–H and O–H groups in total. The van der Waals surface area contributed by atoms with Crippen molar-refractivity contribution >= 4 is 12.0 Å². The van der Waals surface area contributed by atoms with Gasteiger partial charge in [0, 0.05) is 6.08 Å². The van der Waals surface area contributed by atoms with Crippen LogP contribution in [0.15, 0.2) is 30.3 Å². The summed E-state index contributed by atoms with van der Waals surface area (Å²) in [6.45, 7) is 2.60. The SMILES string of the molecule is CC(C)c1ccc(/C=C/C(=O)NC(CO)(CO)CO)cc1. The van der Waals surface area contributed by atoms with Crippen molar-refractivity contribution in [1.29, 1.82) is 0 Å². The molecule has 5 nitrogen and oxygen atoms in total. The number of hydrogen-bond acceptors (Lipinski definition) is 4. The van der Waals surface area contributed by atoms with Crippen molar-refractivity contribution in [3.8, 4) is 0 Å². The summed E-state index contributed by atoms with van der Waals surface area (Å²) in [6.07, 6.45) is 2.94. The number of carbonyl (C=O) groups excluding carboxylic acids is 1. The van der Waals surface area contributed by atoms with E-state index in [0.717, 1.165) is 5.56 Å². The Morgan fingerprint density at radius 1 is 1.14 bits per heavy atom. The number of aliphatic hydroxyl groups is 3. The Morgan fingerprint density at radius 3 is 2.10 bits per heavy atom. The summed E-state index contributed by atoms with van der Waals surface area (Å²) in [5, 5.41) is 29.8. The summed E-state index contributed by atoms with van der Waals surface area (Å²) in [7, 11) is 0. The first-order valence-electron chi connectivity index (χ1n) is 6.89. The first-order chi connectivity index (χ1) is 9.96. The lowest BCUT2D eigenvalue weighted by Crippen LogP contribution is -2.56. The fourth-order valence-electron chi connectivity index (χ4n) is 1.74. The second kappa shape index (κ2) is 7.93. The molecule has 0 aliphatic rings. The van der Waals surface area contributed by atoms with Gasteiger partial charge in [0.15, 0.2) is 0 Å². The van der Waals surface area contributed by atoms with Crippen LogP contribution < -0.4 is 5.32 Å². The van der Waals surface area contributed by atoms with Gasteiger partial charge >= 0.3 is 0 Å². The number of nitrogens with one attached hydrogen (secondary N) is 1. The third-order valence-electron chi connectivity index (χ3n) is 3.33. The lowest BCUT2D eigenvalue weighted by Gasteiger charge is -2.27. The number of amides is 1. The van der Waals surface area contributed by atoms with Crippen LogP contribution in [-0.4, -0.2) is 46.6 Å². The van der Waals surface area contributed by atoms with Crippen molar-refractivity contribution in [3.63, 3.8) is 0 Å². The third kappa shape index (κ3) is 4.97. The van der Waals surface area contributed by atoms with E-state index < -0.39 is 31.3 Å². The molecule has 5 heteroatoms. The van der Waals surface area contributed by atoms with E-state index in [-0.39, 0.29) is 0 Å². The Balaban J connectivity index is 2.69. The van der Waals surface area contributed by atoms with Gasteiger partial charge in [-0.05, 0) is 23.1 Å². The van der Waals surface area contributed by atoms with Crippen molar-refractivity contribution in [2.24, 2.45) is 0 Å². The largest absolute Gasteiger partial charge is 0.394 e. The van der Waals surface area contributed by atoms with Gasteiger partial charge in [0.05, 0.1) is 19.8 Å². The number of aliphatic hydroxyl groups excluding tert-OH is 3. The molecule has 0 aliphatic carbocycles. The Kier molecular flexibility index (Phi) is 6.55. The molecule has 1 aromatic carbocycles. The van der Waals surface area contributed by atoms with Crippen LogP contribution in [0.5, 0.6) is 0 Å². The van der Waals surface area contributed by atoms with Gasteiger partial charge in [-0.1, -0.05) is 38.1 Å². The molecule has 0 unspecified atom stereocenters. The van der Waals surface area contributed by atoms with Gasteiger partial charge < -0.3 is 20.6 Å². The molecular formula is C16H23NO4. The molecule has 0 atom stereocenters. The minimum absolute atomic E-state index is 0.450. The summed E-state index contributed by atoms with van der Waals surface area (Å²) in [6, 6.07) is 7.83. The minimum Gasteiger partial charge on any atom is -0.394 e. The van der Waals surface area contributed by atoms with Gasteiger partial charge in [-0.15, -0.1) is 0 Å². The zero-order valence-electron chi connectivity index (χ0n) is 12.4. The van der Waals surface area contributed by atoms with Crippen LogP contribution in [0.2, 0.25) is 0 Å². The van der Waals surface area contributed by atoms with Crippen molar-refractivity contribution in [2.75, 3.05) is 19.8 Å². The van der Waals surface area contributed by atoms with Gasteiger partial charge in [-0.3, -0.25) is 4.79 Å². The highest BCUT2D eigenvalue weighted by Crippen LogP contribution is 2.15. The van der Waals surface area contributed by atoms with E-state index in [1.54, 1.807) is 6.08 Å². The fraction of sp³-hybridized carbons (Fsp3) is 0.438. The third-order valence-corrected chi connectivity index (χ3v) is 3.33. The molecule has 116 valence electrons. The van der Waals surface area contributed by atoms with Crippen LogP contribution in [0, 0.1) is 0 Å². The number of carbonyl (C=O) groups is 1. The maximum Gasteiger partial charge on any atom is 0.244 e. The van der Waals surface area contributed by atoms with Crippen LogP contribution in [0.4, 0.5) is 0 Å². The maximum atomic E-state index is 11.8. The normalized spacial score (nSPS) is 12.1. The molecule has 1 rings (SSSR count). The summed E-state index contributed by atoms with van der Waals surface area (Å²) in [5.41, 5.74) is 0.691. The monoisotopic (exact) mass is 293 g/mol. The molecule has 0 aliphatic heterocycles. The van der Waals surface area contributed by atoms with Crippen LogP contribution in [0.1, 0.15) is 30.9 Å². The predicted octanol–water partition coefficient (Wildman–Crippen LogP) is 0.655. The lowest BCUT2D eigenvalue weighted by molar-refractivity contribution is -0.120. The summed E-state index contributed by atoms with van der Waals surface area (Å²) >= 11 is 0. The Labute approximate surface area is 124 Å². The fourth-order valence-corrected chi connectivity index (χ4v) is 1.74. The van der Waals surface area contributed by atoms with Crippen molar-refractivity contribution in [3.05, 3.63) is 41.5 Å². The van der Waals surface area contributed by atoms with Crippen molar-refractivity contribution in [1.82, 2.24) is 5.32 Å². The Hall–Kier alpha value is -1.69. The first-order valence-corrected chi connectivity index (χ1v) is 6.89. The molecule has 0 bridgehead atoms. The van der Waals surface area contributed by atoms with Crippen LogP contribution in [-0.2, 0) is 4.79 Å². The standard InChI is InChI=1S/C16H23NO4/c1-12(2)14-6-3-13(4-7-14)5-8-15(21)17-16(9-18,10-19)11-20/h3-8,12,18-20H,9-11H2,1-2H3,(H,17,21)/b8-5+. The summed E-state index contributed by atoms with van der Waals surface area (Å²) in [5.74, 6) is -0.0364.